The highest BCUT2D eigenvalue weighted by atomic mass is 32.2. The number of nitro groups is 1. The SMILES string of the molecule is Cc1ccc(NC(=O)Cc2nnc(SCC(=O)Nc3ccc([N+](=O)[O-])cc3C)n2C)c(C)c1. The molecule has 3 aromatic rings. The Labute approximate surface area is 194 Å². The van der Waals surface area contributed by atoms with Crippen LogP contribution in [0, 0.1) is 30.9 Å². The molecule has 0 saturated carbocycles. The molecule has 0 spiro atoms. The zero-order valence-electron chi connectivity index (χ0n) is 18.7. The van der Waals surface area contributed by atoms with Crippen LogP contribution < -0.4 is 10.6 Å². The van der Waals surface area contributed by atoms with E-state index in [1.807, 2.05) is 32.0 Å². The second-order valence-electron chi connectivity index (χ2n) is 7.59. The maximum Gasteiger partial charge on any atom is 0.269 e. The third-order valence-electron chi connectivity index (χ3n) is 4.93. The number of nitrogens with one attached hydrogen (secondary N) is 2. The molecule has 0 aliphatic carbocycles. The first-order valence-corrected chi connectivity index (χ1v) is 11.1. The van der Waals surface area contributed by atoms with Crippen LogP contribution in [0.4, 0.5) is 17.1 Å². The lowest BCUT2D eigenvalue weighted by Gasteiger charge is -2.09. The number of rotatable bonds is 8. The lowest BCUT2D eigenvalue weighted by molar-refractivity contribution is -0.384. The predicted molar refractivity (Wildman–Crippen MR) is 126 cm³/mol. The Morgan fingerprint density at radius 1 is 1.00 bits per heavy atom. The predicted octanol–water partition coefficient (Wildman–Crippen LogP) is 3.56. The van der Waals surface area contributed by atoms with Gasteiger partial charge in [0.2, 0.25) is 11.8 Å². The van der Waals surface area contributed by atoms with Crippen LogP contribution in [0.25, 0.3) is 0 Å². The van der Waals surface area contributed by atoms with Gasteiger partial charge in [0, 0.05) is 30.6 Å². The number of benzene rings is 2. The Morgan fingerprint density at radius 3 is 2.27 bits per heavy atom. The van der Waals surface area contributed by atoms with Gasteiger partial charge >= 0.3 is 0 Å². The van der Waals surface area contributed by atoms with Crippen molar-refractivity contribution in [2.45, 2.75) is 32.3 Å². The molecule has 33 heavy (non-hydrogen) atoms. The first-order chi connectivity index (χ1) is 15.6. The average molecular weight is 469 g/mol. The van der Waals surface area contributed by atoms with Gasteiger partial charge in [-0.1, -0.05) is 29.5 Å². The van der Waals surface area contributed by atoms with Gasteiger partial charge in [0.15, 0.2) is 5.16 Å². The van der Waals surface area contributed by atoms with Crippen LogP contribution in [0.3, 0.4) is 0 Å². The van der Waals surface area contributed by atoms with E-state index in [9.17, 15) is 19.7 Å². The van der Waals surface area contributed by atoms with Gasteiger partial charge in [-0.05, 0) is 44.0 Å². The number of thioether (sulfide) groups is 1. The molecule has 1 aromatic heterocycles. The Morgan fingerprint density at radius 2 is 1.64 bits per heavy atom. The number of nitrogens with zero attached hydrogens (tertiary/aromatic N) is 4. The van der Waals surface area contributed by atoms with Gasteiger partial charge in [-0.3, -0.25) is 19.7 Å². The van der Waals surface area contributed by atoms with E-state index in [2.05, 4.69) is 20.8 Å². The maximum absolute atomic E-state index is 12.4. The summed E-state index contributed by atoms with van der Waals surface area (Å²) in [5.74, 6) is 0.0535. The van der Waals surface area contributed by atoms with Crippen LogP contribution in [-0.4, -0.2) is 37.3 Å². The topological polar surface area (TPSA) is 132 Å². The molecule has 0 unspecified atom stereocenters. The van der Waals surface area contributed by atoms with E-state index in [0.29, 0.717) is 22.2 Å². The van der Waals surface area contributed by atoms with Gasteiger partial charge in [0.25, 0.3) is 5.69 Å². The minimum Gasteiger partial charge on any atom is -0.325 e. The molecule has 3 rings (SSSR count). The molecule has 0 bridgehead atoms. The van der Waals surface area contributed by atoms with Crippen molar-refractivity contribution in [2.24, 2.45) is 7.05 Å². The van der Waals surface area contributed by atoms with E-state index in [1.165, 1.54) is 30.0 Å². The fourth-order valence-corrected chi connectivity index (χ4v) is 3.86. The van der Waals surface area contributed by atoms with E-state index in [4.69, 9.17) is 0 Å². The molecular weight excluding hydrogens is 444 g/mol. The summed E-state index contributed by atoms with van der Waals surface area (Å²) in [4.78, 5) is 35.1. The number of carbonyl (C=O) groups is 2. The normalized spacial score (nSPS) is 10.7. The van der Waals surface area contributed by atoms with Gasteiger partial charge in [0.1, 0.15) is 5.82 Å². The fraction of sp³-hybridized carbons (Fsp3) is 0.273. The molecule has 0 aliphatic rings. The van der Waals surface area contributed by atoms with Gasteiger partial charge in [0.05, 0.1) is 17.1 Å². The van der Waals surface area contributed by atoms with Crippen molar-refractivity contribution in [2.75, 3.05) is 16.4 Å². The standard InChI is InChI=1S/C22H24N6O4S/c1-13-5-7-17(14(2)9-13)23-20(29)11-19-25-26-22(27(19)4)33-12-21(30)24-18-8-6-16(28(31)32)10-15(18)3/h5-10H,11-12H2,1-4H3,(H,23,29)(H,24,30). The lowest BCUT2D eigenvalue weighted by atomic mass is 10.1. The summed E-state index contributed by atoms with van der Waals surface area (Å²) in [6.07, 6.45) is 0.0472. The number of hydrogen-bond acceptors (Lipinski definition) is 7. The van der Waals surface area contributed by atoms with Crippen molar-refractivity contribution in [3.63, 3.8) is 0 Å². The van der Waals surface area contributed by atoms with E-state index >= 15 is 0 Å². The highest BCUT2D eigenvalue weighted by molar-refractivity contribution is 7.99. The first-order valence-electron chi connectivity index (χ1n) is 10.1. The van der Waals surface area contributed by atoms with E-state index in [-0.39, 0.29) is 29.7 Å². The van der Waals surface area contributed by atoms with Gasteiger partial charge in [-0.25, -0.2) is 0 Å². The molecule has 0 atom stereocenters. The summed E-state index contributed by atoms with van der Waals surface area (Å²) in [5.41, 5.74) is 3.92. The maximum atomic E-state index is 12.4. The third kappa shape index (κ3) is 6.16. The molecule has 0 saturated heterocycles. The Hall–Kier alpha value is -3.73. The van der Waals surface area contributed by atoms with Gasteiger partial charge < -0.3 is 15.2 Å². The first kappa shape index (κ1) is 23.9. The second kappa shape index (κ2) is 10.3. The van der Waals surface area contributed by atoms with Crippen molar-refractivity contribution in [3.05, 3.63) is 69.0 Å². The number of aryl methyl sites for hydroxylation is 3. The molecule has 172 valence electrons. The summed E-state index contributed by atoms with van der Waals surface area (Å²) in [5, 5.41) is 25.1. The van der Waals surface area contributed by atoms with Crippen LogP contribution in [0.5, 0.6) is 0 Å². The Balaban J connectivity index is 1.55. The van der Waals surface area contributed by atoms with Crippen molar-refractivity contribution >= 4 is 40.6 Å². The molecule has 1 heterocycles. The number of amides is 2. The molecular formula is C22H24N6O4S. The number of nitro benzene ring substituents is 1. The third-order valence-corrected chi connectivity index (χ3v) is 5.95. The minimum absolute atomic E-state index is 0.0342. The summed E-state index contributed by atoms with van der Waals surface area (Å²) in [7, 11) is 1.74. The van der Waals surface area contributed by atoms with Crippen LogP contribution in [0.15, 0.2) is 41.6 Å². The quantitative estimate of drug-likeness (QED) is 0.293. The van der Waals surface area contributed by atoms with Crippen molar-refractivity contribution < 1.29 is 14.5 Å². The van der Waals surface area contributed by atoms with Gasteiger partial charge in [-0.2, -0.15) is 0 Å². The second-order valence-corrected chi connectivity index (χ2v) is 8.54. The number of carbonyl (C=O) groups excluding carboxylic acids is 2. The Bertz CT molecular complexity index is 1220. The summed E-state index contributed by atoms with van der Waals surface area (Å²) in [6.45, 7) is 5.61. The van der Waals surface area contributed by atoms with Crippen molar-refractivity contribution in [1.82, 2.24) is 14.8 Å². The molecule has 0 fully saturated rings. The zero-order valence-corrected chi connectivity index (χ0v) is 19.5. The molecule has 0 aliphatic heterocycles. The number of hydrogen-bond donors (Lipinski definition) is 2. The number of anilines is 2. The van der Waals surface area contributed by atoms with E-state index in [0.717, 1.165) is 16.8 Å². The molecule has 2 amide bonds. The molecule has 2 N–H and O–H groups in total. The van der Waals surface area contributed by atoms with Crippen LogP contribution >= 0.6 is 11.8 Å². The molecule has 0 radical (unpaired) electrons. The summed E-state index contributed by atoms with van der Waals surface area (Å²) >= 11 is 1.18. The van der Waals surface area contributed by atoms with E-state index in [1.54, 1.807) is 18.5 Å². The fourth-order valence-electron chi connectivity index (χ4n) is 3.13. The molecule has 11 heteroatoms. The molecule has 10 nitrogen and oxygen atoms in total. The highest BCUT2D eigenvalue weighted by Gasteiger charge is 2.16. The average Bonchev–Trinajstić information content (AvgIpc) is 3.09. The smallest absolute Gasteiger partial charge is 0.269 e. The highest BCUT2D eigenvalue weighted by Crippen LogP contribution is 2.22. The summed E-state index contributed by atoms with van der Waals surface area (Å²) < 4.78 is 1.68. The zero-order chi connectivity index (χ0) is 24.1. The monoisotopic (exact) mass is 468 g/mol. The van der Waals surface area contributed by atoms with Crippen molar-refractivity contribution in [3.8, 4) is 0 Å². The number of non-ortho nitro benzene ring substituents is 1. The van der Waals surface area contributed by atoms with E-state index < -0.39 is 4.92 Å². The van der Waals surface area contributed by atoms with Gasteiger partial charge in [-0.15, -0.1) is 10.2 Å². The Kier molecular flexibility index (Phi) is 7.44. The van der Waals surface area contributed by atoms with Crippen LogP contribution in [0.2, 0.25) is 0 Å². The largest absolute Gasteiger partial charge is 0.325 e. The summed E-state index contributed by atoms with van der Waals surface area (Å²) in [6, 6.07) is 10.0. The number of aromatic nitrogens is 3. The lowest BCUT2D eigenvalue weighted by Crippen LogP contribution is -2.18. The molecule has 2 aromatic carbocycles. The minimum atomic E-state index is -0.484. The van der Waals surface area contributed by atoms with Crippen molar-refractivity contribution in [1.29, 1.82) is 0 Å². The van der Waals surface area contributed by atoms with Crippen LogP contribution in [0.1, 0.15) is 22.5 Å². The van der Waals surface area contributed by atoms with Crippen LogP contribution in [-0.2, 0) is 23.1 Å².